The van der Waals surface area contributed by atoms with Crippen molar-refractivity contribution >= 4 is 29.5 Å². The number of aliphatic carboxylic acids is 1. The van der Waals surface area contributed by atoms with Crippen LogP contribution in [0.15, 0.2) is 0 Å². The third-order valence-corrected chi connectivity index (χ3v) is 6.13. The van der Waals surface area contributed by atoms with Crippen LogP contribution < -0.4 is 0 Å². The summed E-state index contributed by atoms with van der Waals surface area (Å²) >= 11 is 3.95. The molecule has 0 bridgehead atoms. The van der Waals surface area contributed by atoms with Crippen molar-refractivity contribution in [3.63, 3.8) is 0 Å². The maximum Gasteiger partial charge on any atom is 0.304 e. The van der Waals surface area contributed by atoms with Crippen molar-refractivity contribution < 1.29 is 9.90 Å². The largest absolute Gasteiger partial charge is 0.481 e. The second kappa shape index (κ2) is 6.34. The summed E-state index contributed by atoms with van der Waals surface area (Å²) in [5.41, 5.74) is 0. The molecule has 2 heterocycles. The molecule has 0 saturated carbocycles. The molecule has 5 heteroatoms. The fourth-order valence-electron chi connectivity index (χ4n) is 2.82. The van der Waals surface area contributed by atoms with Crippen molar-refractivity contribution in [3.05, 3.63) is 0 Å². The molecule has 98 valence electrons. The summed E-state index contributed by atoms with van der Waals surface area (Å²) in [7, 11) is 0. The molecule has 0 spiro atoms. The quantitative estimate of drug-likeness (QED) is 0.855. The number of carboxylic acid groups (broad SMARTS) is 1. The van der Waals surface area contributed by atoms with Crippen LogP contribution in [-0.4, -0.2) is 57.1 Å². The molecule has 0 aromatic rings. The van der Waals surface area contributed by atoms with Crippen LogP contribution in [0, 0.1) is 0 Å². The predicted molar refractivity (Wildman–Crippen MR) is 75.0 cm³/mol. The first kappa shape index (κ1) is 13.6. The highest BCUT2D eigenvalue weighted by Crippen LogP contribution is 2.32. The van der Waals surface area contributed by atoms with Gasteiger partial charge in [0.15, 0.2) is 0 Å². The first-order valence-corrected chi connectivity index (χ1v) is 8.55. The van der Waals surface area contributed by atoms with E-state index in [-0.39, 0.29) is 6.04 Å². The van der Waals surface area contributed by atoms with E-state index < -0.39 is 5.97 Å². The Balaban J connectivity index is 2.01. The number of carboxylic acids is 1. The second-order valence-electron chi connectivity index (χ2n) is 4.85. The zero-order valence-electron chi connectivity index (χ0n) is 10.3. The standard InChI is InChI=1S/C12H21NO2S2/c1-9-11(3-2-5-17-9)13-4-6-16-8-10(13)7-12(14)15/h9-11H,2-8H2,1H3,(H,14,15). The minimum Gasteiger partial charge on any atom is -0.481 e. The number of nitrogens with zero attached hydrogens (tertiary/aromatic N) is 1. The number of thioether (sulfide) groups is 2. The zero-order valence-corrected chi connectivity index (χ0v) is 11.9. The molecule has 2 fully saturated rings. The molecule has 3 atom stereocenters. The van der Waals surface area contributed by atoms with Gasteiger partial charge in [-0.2, -0.15) is 23.5 Å². The normalized spacial score (nSPS) is 35.7. The van der Waals surface area contributed by atoms with Crippen molar-refractivity contribution in [1.82, 2.24) is 4.90 Å². The molecule has 3 nitrogen and oxygen atoms in total. The van der Waals surface area contributed by atoms with Crippen molar-refractivity contribution in [2.75, 3.05) is 23.8 Å². The number of hydrogen-bond acceptors (Lipinski definition) is 4. The number of carbonyl (C=O) groups is 1. The molecule has 2 saturated heterocycles. The minimum absolute atomic E-state index is 0.248. The van der Waals surface area contributed by atoms with Gasteiger partial charge in [-0.1, -0.05) is 6.92 Å². The van der Waals surface area contributed by atoms with Crippen LogP contribution in [0.2, 0.25) is 0 Å². The van der Waals surface area contributed by atoms with Gasteiger partial charge < -0.3 is 5.11 Å². The van der Waals surface area contributed by atoms with E-state index in [1.807, 2.05) is 23.5 Å². The highest BCUT2D eigenvalue weighted by molar-refractivity contribution is 8.00. The molecule has 0 aromatic carbocycles. The van der Waals surface area contributed by atoms with E-state index in [9.17, 15) is 4.79 Å². The van der Waals surface area contributed by atoms with Gasteiger partial charge in [-0.3, -0.25) is 9.69 Å². The average Bonchev–Trinajstić information content (AvgIpc) is 2.30. The SMILES string of the molecule is CC1SCCCC1N1CCSCC1CC(=O)O. The summed E-state index contributed by atoms with van der Waals surface area (Å²) in [5, 5.41) is 9.66. The third-order valence-electron chi connectivity index (χ3n) is 3.68. The summed E-state index contributed by atoms with van der Waals surface area (Å²) in [4.78, 5) is 13.4. The lowest BCUT2D eigenvalue weighted by molar-refractivity contribution is -0.138. The molecule has 0 aliphatic carbocycles. The Bertz CT molecular complexity index is 275. The fourth-order valence-corrected chi connectivity index (χ4v) is 5.13. The summed E-state index contributed by atoms with van der Waals surface area (Å²) in [5.74, 6) is 2.76. The lowest BCUT2D eigenvalue weighted by Gasteiger charge is -2.44. The number of hydrogen-bond donors (Lipinski definition) is 1. The van der Waals surface area contributed by atoms with Crippen LogP contribution in [0.25, 0.3) is 0 Å². The zero-order chi connectivity index (χ0) is 12.3. The molecule has 17 heavy (non-hydrogen) atoms. The first-order chi connectivity index (χ1) is 8.18. The van der Waals surface area contributed by atoms with Crippen molar-refractivity contribution in [2.45, 2.75) is 43.5 Å². The summed E-state index contributed by atoms with van der Waals surface area (Å²) < 4.78 is 0. The Morgan fingerprint density at radius 1 is 1.47 bits per heavy atom. The van der Waals surface area contributed by atoms with Crippen molar-refractivity contribution in [3.8, 4) is 0 Å². The lowest BCUT2D eigenvalue weighted by Crippen LogP contribution is -2.53. The maximum absolute atomic E-state index is 10.9. The molecular formula is C12H21NO2S2. The van der Waals surface area contributed by atoms with Gasteiger partial charge in [0.1, 0.15) is 0 Å². The fraction of sp³-hybridized carbons (Fsp3) is 0.917. The van der Waals surface area contributed by atoms with Crippen LogP contribution in [0.4, 0.5) is 0 Å². The summed E-state index contributed by atoms with van der Waals surface area (Å²) in [6, 6.07) is 0.844. The maximum atomic E-state index is 10.9. The van der Waals surface area contributed by atoms with Gasteiger partial charge in [-0.15, -0.1) is 0 Å². The Hall–Kier alpha value is 0.130. The minimum atomic E-state index is -0.654. The van der Waals surface area contributed by atoms with Crippen molar-refractivity contribution in [2.24, 2.45) is 0 Å². The van der Waals surface area contributed by atoms with Gasteiger partial charge in [-0.05, 0) is 18.6 Å². The van der Waals surface area contributed by atoms with Gasteiger partial charge in [0.05, 0.1) is 6.42 Å². The summed E-state index contributed by atoms with van der Waals surface area (Å²) in [6.07, 6.45) is 2.83. The first-order valence-electron chi connectivity index (χ1n) is 6.35. The van der Waals surface area contributed by atoms with E-state index in [0.29, 0.717) is 17.7 Å². The van der Waals surface area contributed by atoms with Gasteiger partial charge in [-0.25, -0.2) is 0 Å². The molecular weight excluding hydrogens is 254 g/mol. The van der Waals surface area contributed by atoms with E-state index >= 15 is 0 Å². The van der Waals surface area contributed by atoms with E-state index in [2.05, 4.69) is 11.8 Å². The average molecular weight is 275 g/mol. The van der Waals surface area contributed by atoms with Gasteiger partial charge in [0.25, 0.3) is 0 Å². The smallest absolute Gasteiger partial charge is 0.304 e. The predicted octanol–water partition coefficient (Wildman–Crippen LogP) is 2.16. The summed E-state index contributed by atoms with van der Waals surface area (Å²) in [6.45, 7) is 3.37. The highest BCUT2D eigenvalue weighted by atomic mass is 32.2. The lowest BCUT2D eigenvalue weighted by atomic mass is 10.0. The monoisotopic (exact) mass is 275 g/mol. The molecule has 1 N–H and O–H groups in total. The molecule has 0 amide bonds. The van der Waals surface area contributed by atoms with E-state index in [4.69, 9.17) is 5.11 Å². The van der Waals surface area contributed by atoms with E-state index in [0.717, 1.165) is 18.1 Å². The number of rotatable bonds is 3. The molecule has 0 aromatic heterocycles. The van der Waals surface area contributed by atoms with Crippen LogP contribution in [0.1, 0.15) is 26.2 Å². The van der Waals surface area contributed by atoms with Gasteiger partial charge in [0, 0.05) is 35.4 Å². The topological polar surface area (TPSA) is 40.5 Å². The van der Waals surface area contributed by atoms with Crippen LogP contribution in [-0.2, 0) is 4.79 Å². The van der Waals surface area contributed by atoms with Crippen LogP contribution in [0.3, 0.4) is 0 Å². The Labute approximate surface area is 112 Å². The molecule has 2 aliphatic rings. The third kappa shape index (κ3) is 3.55. The Morgan fingerprint density at radius 2 is 2.29 bits per heavy atom. The van der Waals surface area contributed by atoms with Crippen LogP contribution >= 0.6 is 23.5 Å². The molecule has 2 rings (SSSR count). The molecule has 3 unspecified atom stereocenters. The van der Waals surface area contributed by atoms with E-state index in [1.165, 1.54) is 18.6 Å². The highest BCUT2D eigenvalue weighted by Gasteiger charge is 2.34. The second-order valence-corrected chi connectivity index (χ2v) is 7.48. The Morgan fingerprint density at radius 3 is 3.00 bits per heavy atom. The van der Waals surface area contributed by atoms with Gasteiger partial charge in [0.2, 0.25) is 0 Å². The van der Waals surface area contributed by atoms with Gasteiger partial charge >= 0.3 is 5.97 Å². The molecule has 2 aliphatic heterocycles. The van der Waals surface area contributed by atoms with E-state index in [1.54, 1.807) is 0 Å². The molecule has 0 radical (unpaired) electrons. The Kier molecular flexibility index (Phi) is 5.06. The van der Waals surface area contributed by atoms with Crippen molar-refractivity contribution in [1.29, 1.82) is 0 Å². The van der Waals surface area contributed by atoms with Crippen LogP contribution in [0.5, 0.6) is 0 Å².